The number of thiazole rings is 1. The highest BCUT2D eigenvalue weighted by Gasteiger charge is 2.21. The molecule has 0 spiro atoms. The van der Waals surface area contributed by atoms with Crippen molar-refractivity contribution in [1.82, 2.24) is 13.9 Å². The number of hydrogen-bond acceptors (Lipinski definition) is 5. The number of para-hydroxylation sites is 1. The zero-order chi connectivity index (χ0) is 24.4. The van der Waals surface area contributed by atoms with Crippen LogP contribution in [0.2, 0.25) is 0 Å². The van der Waals surface area contributed by atoms with Gasteiger partial charge in [-0.15, -0.1) is 16.4 Å². The van der Waals surface area contributed by atoms with Crippen molar-refractivity contribution in [3.05, 3.63) is 117 Å². The van der Waals surface area contributed by atoms with Crippen molar-refractivity contribution >= 4 is 17.6 Å². The van der Waals surface area contributed by atoms with E-state index in [4.69, 9.17) is 0 Å². The summed E-state index contributed by atoms with van der Waals surface area (Å²) >= 11 is 1.42. The lowest BCUT2D eigenvalue weighted by atomic mass is 10.1. The first kappa shape index (κ1) is 22.4. The lowest BCUT2D eigenvalue weighted by Crippen LogP contribution is -2.24. The van der Waals surface area contributed by atoms with Gasteiger partial charge in [-0.2, -0.15) is 5.10 Å². The van der Waals surface area contributed by atoms with E-state index in [0.717, 1.165) is 28.2 Å². The zero-order valence-corrected chi connectivity index (χ0v) is 20.1. The Labute approximate surface area is 205 Å². The summed E-state index contributed by atoms with van der Waals surface area (Å²) in [5.74, 6) is 0.192. The highest BCUT2D eigenvalue weighted by Crippen LogP contribution is 2.24. The second-order valence-corrected chi connectivity index (χ2v) is 8.79. The normalized spacial score (nSPS) is 12.0. The van der Waals surface area contributed by atoms with E-state index in [9.17, 15) is 9.90 Å². The number of phenolic OH excluding ortho intramolecular Hbond substituents is 1. The number of hydrogen-bond donors (Lipinski definition) is 1. The number of benzene rings is 3. The van der Waals surface area contributed by atoms with Crippen molar-refractivity contribution in [1.29, 1.82) is 0 Å². The summed E-state index contributed by atoms with van der Waals surface area (Å²) in [6.07, 6.45) is 1.62. The molecule has 0 aliphatic carbocycles. The Balaban J connectivity index is 1.72. The van der Waals surface area contributed by atoms with E-state index in [1.807, 2.05) is 89.3 Å². The fraction of sp³-hybridized carbons (Fsp3) is 0.0741. The molecular formula is C27H23N5O2S. The minimum Gasteiger partial charge on any atom is -0.508 e. The fourth-order valence-electron chi connectivity index (χ4n) is 3.92. The molecule has 0 fully saturated rings. The van der Waals surface area contributed by atoms with Crippen LogP contribution < -0.4 is 10.4 Å². The van der Waals surface area contributed by atoms with Crippen LogP contribution >= 0.6 is 11.3 Å². The predicted molar refractivity (Wildman–Crippen MR) is 140 cm³/mol. The first-order chi connectivity index (χ1) is 17.0. The van der Waals surface area contributed by atoms with Crippen molar-refractivity contribution in [3.8, 4) is 28.4 Å². The van der Waals surface area contributed by atoms with Crippen LogP contribution in [0.3, 0.4) is 0 Å². The molecule has 0 aliphatic rings. The zero-order valence-electron chi connectivity index (χ0n) is 19.2. The van der Waals surface area contributed by atoms with Gasteiger partial charge < -0.3 is 5.11 Å². The molecule has 0 saturated heterocycles. The maximum atomic E-state index is 13.8. The van der Waals surface area contributed by atoms with Crippen LogP contribution in [0.1, 0.15) is 11.3 Å². The molecule has 7 nitrogen and oxygen atoms in total. The Hall–Kier alpha value is -4.43. The predicted octanol–water partition coefficient (Wildman–Crippen LogP) is 4.64. The van der Waals surface area contributed by atoms with Crippen molar-refractivity contribution in [2.75, 3.05) is 0 Å². The topological polar surface area (TPSA) is 76.8 Å². The van der Waals surface area contributed by atoms with E-state index in [2.05, 4.69) is 10.2 Å². The SMILES string of the molecule is Cc1c(-n2c(-c3ccccc3)cs/c2=N\N=C/c2ccc(O)cc2)c(=O)n(-c2ccccc2)n1C. The van der Waals surface area contributed by atoms with Gasteiger partial charge in [-0.1, -0.05) is 48.5 Å². The van der Waals surface area contributed by atoms with Gasteiger partial charge >= 0.3 is 0 Å². The van der Waals surface area contributed by atoms with Crippen LogP contribution in [-0.4, -0.2) is 25.3 Å². The molecule has 5 rings (SSSR count). The van der Waals surface area contributed by atoms with Gasteiger partial charge in [0, 0.05) is 12.4 Å². The summed E-state index contributed by atoms with van der Waals surface area (Å²) < 4.78 is 5.40. The molecule has 3 aromatic carbocycles. The Morgan fingerprint density at radius 3 is 2.26 bits per heavy atom. The van der Waals surface area contributed by atoms with Crippen molar-refractivity contribution < 1.29 is 5.11 Å². The van der Waals surface area contributed by atoms with Crippen LogP contribution in [0.25, 0.3) is 22.6 Å². The number of rotatable bonds is 5. The van der Waals surface area contributed by atoms with Crippen molar-refractivity contribution in [2.45, 2.75) is 6.92 Å². The Morgan fingerprint density at radius 1 is 0.914 bits per heavy atom. The highest BCUT2D eigenvalue weighted by atomic mass is 32.1. The highest BCUT2D eigenvalue weighted by molar-refractivity contribution is 7.07. The average Bonchev–Trinajstić information content (AvgIpc) is 3.39. The largest absolute Gasteiger partial charge is 0.508 e. The van der Waals surface area contributed by atoms with Gasteiger partial charge in [0.05, 0.1) is 23.3 Å². The van der Waals surface area contributed by atoms with E-state index in [0.29, 0.717) is 10.5 Å². The number of phenols is 1. The summed E-state index contributed by atoms with van der Waals surface area (Å²) in [7, 11) is 1.88. The number of nitrogens with zero attached hydrogens (tertiary/aromatic N) is 5. The molecule has 0 amide bonds. The van der Waals surface area contributed by atoms with Gasteiger partial charge in [-0.25, -0.2) is 4.68 Å². The molecule has 0 atom stereocenters. The van der Waals surface area contributed by atoms with Gasteiger partial charge in [0.2, 0.25) is 4.80 Å². The second-order valence-electron chi connectivity index (χ2n) is 7.95. The van der Waals surface area contributed by atoms with Crippen LogP contribution in [-0.2, 0) is 7.05 Å². The monoisotopic (exact) mass is 481 g/mol. The van der Waals surface area contributed by atoms with Gasteiger partial charge in [0.15, 0.2) is 0 Å². The second kappa shape index (κ2) is 9.44. The third-order valence-corrected chi connectivity index (χ3v) is 6.58. The summed E-state index contributed by atoms with van der Waals surface area (Å²) in [5.41, 5.74) is 4.61. The average molecular weight is 482 g/mol. The maximum Gasteiger partial charge on any atom is 0.296 e. The van der Waals surface area contributed by atoms with E-state index in [1.54, 1.807) is 35.2 Å². The molecule has 174 valence electrons. The summed E-state index contributed by atoms with van der Waals surface area (Å²) in [5, 5.41) is 20.2. The van der Waals surface area contributed by atoms with Gasteiger partial charge in [0.1, 0.15) is 11.4 Å². The summed E-state index contributed by atoms with van der Waals surface area (Å²) in [4.78, 5) is 14.4. The van der Waals surface area contributed by atoms with Crippen LogP contribution in [0.15, 0.2) is 105 Å². The molecule has 2 aromatic heterocycles. The molecule has 0 unspecified atom stereocenters. The van der Waals surface area contributed by atoms with Gasteiger partial charge in [0.25, 0.3) is 5.56 Å². The minimum atomic E-state index is -0.143. The Bertz CT molecular complexity index is 1620. The summed E-state index contributed by atoms with van der Waals surface area (Å²) in [6, 6.07) is 26.2. The number of aromatic hydroxyl groups is 1. The maximum absolute atomic E-state index is 13.8. The molecular weight excluding hydrogens is 458 g/mol. The van der Waals surface area contributed by atoms with E-state index in [1.165, 1.54) is 11.3 Å². The third kappa shape index (κ3) is 4.27. The van der Waals surface area contributed by atoms with Crippen LogP contribution in [0.4, 0.5) is 0 Å². The fourth-order valence-corrected chi connectivity index (χ4v) is 4.77. The van der Waals surface area contributed by atoms with Gasteiger partial charge in [-0.05, 0) is 54.4 Å². The first-order valence-corrected chi connectivity index (χ1v) is 11.9. The van der Waals surface area contributed by atoms with Crippen molar-refractivity contribution in [2.24, 2.45) is 17.3 Å². The first-order valence-electron chi connectivity index (χ1n) is 11.0. The lowest BCUT2D eigenvalue weighted by Gasteiger charge is -2.08. The van der Waals surface area contributed by atoms with E-state index in [-0.39, 0.29) is 11.3 Å². The molecule has 0 saturated carbocycles. The van der Waals surface area contributed by atoms with Crippen molar-refractivity contribution in [3.63, 3.8) is 0 Å². The third-order valence-electron chi connectivity index (χ3n) is 5.77. The molecule has 8 heteroatoms. The molecule has 0 bridgehead atoms. The quantitative estimate of drug-likeness (QED) is 0.293. The Kier molecular flexibility index (Phi) is 6.03. The molecule has 1 N–H and O–H groups in total. The minimum absolute atomic E-state index is 0.143. The molecule has 5 aromatic rings. The lowest BCUT2D eigenvalue weighted by molar-refractivity contribution is 0.475. The van der Waals surface area contributed by atoms with E-state index >= 15 is 0 Å². The number of aromatic nitrogens is 3. The molecule has 2 heterocycles. The Morgan fingerprint density at radius 2 is 1.57 bits per heavy atom. The standard InChI is InChI=1S/C27H23N5O2S/c1-19-25(26(34)32(30(19)2)22-11-7-4-8-12-22)31-24(21-9-5-3-6-10-21)18-35-27(31)29-28-17-20-13-15-23(33)16-14-20/h3-18,33H,1-2H3/b28-17-,29-27-. The van der Waals surface area contributed by atoms with Crippen LogP contribution in [0, 0.1) is 6.92 Å². The van der Waals surface area contributed by atoms with Crippen LogP contribution in [0.5, 0.6) is 5.75 Å². The molecule has 35 heavy (non-hydrogen) atoms. The molecule has 0 aliphatic heterocycles. The van der Waals surface area contributed by atoms with E-state index < -0.39 is 0 Å². The van der Waals surface area contributed by atoms with Gasteiger partial charge in [-0.3, -0.25) is 14.0 Å². The smallest absolute Gasteiger partial charge is 0.296 e. The molecule has 0 radical (unpaired) electrons. The summed E-state index contributed by atoms with van der Waals surface area (Å²) in [6.45, 7) is 1.93.